The largest absolute Gasteiger partial charge is 0.376 e. The Morgan fingerprint density at radius 3 is 2.96 bits per heavy atom. The molecule has 2 aromatic rings. The maximum absolute atomic E-state index is 12.0. The van der Waals surface area contributed by atoms with Gasteiger partial charge in [0.05, 0.1) is 12.6 Å². The van der Waals surface area contributed by atoms with Crippen LogP contribution in [0.3, 0.4) is 0 Å². The number of amides is 1. The summed E-state index contributed by atoms with van der Waals surface area (Å²) >= 11 is 1.63. The van der Waals surface area contributed by atoms with E-state index in [1.165, 1.54) is 0 Å². The number of rotatable bonds is 5. The van der Waals surface area contributed by atoms with Gasteiger partial charge in [-0.3, -0.25) is 9.59 Å². The summed E-state index contributed by atoms with van der Waals surface area (Å²) in [6.45, 7) is 2.17. The molecule has 5 heteroatoms. The number of fused-ring (bicyclic) bond motifs is 1. The lowest BCUT2D eigenvalue weighted by atomic mass is 9.90. The van der Waals surface area contributed by atoms with Gasteiger partial charge in [-0.2, -0.15) is 0 Å². The van der Waals surface area contributed by atoms with Crippen LogP contribution in [-0.4, -0.2) is 18.2 Å². The second-order valence-electron chi connectivity index (χ2n) is 5.81. The molecule has 3 rings (SSSR count). The molecule has 0 bridgehead atoms. The fourth-order valence-corrected chi connectivity index (χ4v) is 3.56. The average Bonchev–Trinajstić information content (AvgIpc) is 3.08. The third kappa shape index (κ3) is 3.79. The molecule has 0 spiro atoms. The minimum Gasteiger partial charge on any atom is -0.376 e. The van der Waals surface area contributed by atoms with Crippen molar-refractivity contribution in [1.82, 2.24) is 5.32 Å². The van der Waals surface area contributed by atoms with E-state index in [4.69, 9.17) is 0 Å². The monoisotopic (exact) mass is 328 g/mol. The van der Waals surface area contributed by atoms with Gasteiger partial charge in [-0.15, -0.1) is 11.3 Å². The maximum Gasteiger partial charge on any atom is 0.239 e. The van der Waals surface area contributed by atoms with E-state index in [9.17, 15) is 9.59 Å². The molecule has 2 N–H and O–H groups in total. The second kappa shape index (κ2) is 6.96. The Morgan fingerprint density at radius 2 is 2.17 bits per heavy atom. The highest BCUT2D eigenvalue weighted by Crippen LogP contribution is 2.24. The van der Waals surface area contributed by atoms with Gasteiger partial charge in [-0.05, 0) is 48.9 Å². The van der Waals surface area contributed by atoms with Gasteiger partial charge in [0, 0.05) is 22.5 Å². The Labute approximate surface area is 139 Å². The number of carbonyl (C=O) groups excluding carboxylic acids is 2. The zero-order valence-corrected chi connectivity index (χ0v) is 13.9. The van der Waals surface area contributed by atoms with Gasteiger partial charge in [0.15, 0.2) is 5.78 Å². The van der Waals surface area contributed by atoms with Crippen LogP contribution in [0.25, 0.3) is 0 Å². The van der Waals surface area contributed by atoms with Crippen LogP contribution in [0.2, 0.25) is 0 Å². The molecule has 1 aromatic carbocycles. The topological polar surface area (TPSA) is 58.2 Å². The smallest absolute Gasteiger partial charge is 0.239 e. The number of aryl methyl sites for hydroxylation is 1. The van der Waals surface area contributed by atoms with Crippen LogP contribution in [0.5, 0.6) is 0 Å². The molecule has 1 atom stereocenters. The summed E-state index contributed by atoms with van der Waals surface area (Å²) in [6.07, 6.45) is 2.51. The molecule has 1 aromatic heterocycles. The summed E-state index contributed by atoms with van der Waals surface area (Å²) in [5, 5.41) is 8.07. The van der Waals surface area contributed by atoms with Crippen molar-refractivity contribution in [1.29, 1.82) is 0 Å². The number of anilines is 1. The molecule has 1 amide bonds. The van der Waals surface area contributed by atoms with E-state index >= 15 is 0 Å². The summed E-state index contributed by atoms with van der Waals surface area (Å²) in [5.74, 6) is 0.139. The third-order valence-corrected chi connectivity index (χ3v) is 5.12. The first-order valence-electron chi connectivity index (χ1n) is 7.86. The number of carbonyl (C=O) groups is 2. The molecule has 0 radical (unpaired) electrons. The Kier molecular flexibility index (Phi) is 4.76. The Balaban J connectivity index is 1.57. The van der Waals surface area contributed by atoms with Gasteiger partial charge in [-0.1, -0.05) is 12.1 Å². The first-order valence-corrected chi connectivity index (χ1v) is 8.74. The van der Waals surface area contributed by atoms with E-state index < -0.39 is 0 Å². The summed E-state index contributed by atoms with van der Waals surface area (Å²) < 4.78 is 0. The molecule has 4 nitrogen and oxygen atoms in total. The number of benzene rings is 1. The molecule has 0 saturated heterocycles. The van der Waals surface area contributed by atoms with Crippen molar-refractivity contribution in [2.24, 2.45) is 0 Å². The molecule has 23 heavy (non-hydrogen) atoms. The van der Waals surface area contributed by atoms with Gasteiger partial charge in [0.25, 0.3) is 0 Å². The van der Waals surface area contributed by atoms with Crippen LogP contribution in [-0.2, 0) is 11.2 Å². The van der Waals surface area contributed by atoms with Gasteiger partial charge < -0.3 is 10.6 Å². The lowest BCUT2D eigenvalue weighted by Crippen LogP contribution is -2.31. The third-order valence-electron chi connectivity index (χ3n) is 4.06. The fraction of sp³-hybridized carbons (Fsp3) is 0.333. The molecule has 120 valence electrons. The number of nitrogens with one attached hydrogen (secondary N) is 2. The van der Waals surface area contributed by atoms with Crippen LogP contribution in [0.4, 0.5) is 5.69 Å². The lowest BCUT2D eigenvalue weighted by molar-refractivity contribution is -0.120. The van der Waals surface area contributed by atoms with Crippen LogP contribution < -0.4 is 10.6 Å². The first-order chi connectivity index (χ1) is 11.1. The van der Waals surface area contributed by atoms with E-state index in [0.29, 0.717) is 6.42 Å². The zero-order valence-electron chi connectivity index (χ0n) is 13.1. The van der Waals surface area contributed by atoms with Crippen molar-refractivity contribution in [2.45, 2.75) is 32.2 Å². The van der Waals surface area contributed by atoms with Crippen molar-refractivity contribution in [3.63, 3.8) is 0 Å². The SMILES string of the molecule is C[C@@H](NC(=O)CNc1ccc2c(c1)C(=O)CCC2)c1cccs1. The number of ketones is 1. The van der Waals surface area contributed by atoms with E-state index in [2.05, 4.69) is 10.6 Å². The van der Waals surface area contributed by atoms with Crippen molar-refractivity contribution < 1.29 is 9.59 Å². The molecule has 1 aliphatic rings. The Bertz CT molecular complexity index is 710. The highest BCUT2D eigenvalue weighted by atomic mass is 32.1. The number of hydrogen-bond donors (Lipinski definition) is 2. The minimum absolute atomic E-state index is 0.00871. The van der Waals surface area contributed by atoms with E-state index in [-0.39, 0.29) is 24.3 Å². The maximum atomic E-state index is 12.0. The molecular weight excluding hydrogens is 308 g/mol. The van der Waals surface area contributed by atoms with Crippen molar-refractivity contribution in [3.8, 4) is 0 Å². The first kappa shape index (κ1) is 15.7. The van der Waals surface area contributed by atoms with E-state index in [1.807, 2.05) is 42.6 Å². The van der Waals surface area contributed by atoms with Gasteiger partial charge >= 0.3 is 0 Å². The van der Waals surface area contributed by atoms with Gasteiger partial charge in [0.2, 0.25) is 5.91 Å². The van der Waals surface area contributed by atoms with Gasteiger partial charge in [0.1, 0.15) is 0 Å². The summed E-state index contributed by atoms with van der Waals surface area (Å²) in [7, 11) is 0. The van der Waals surface area contributed by atoms with Crippen molar-refractivity contribution in [3.05, 3.63) is 51.7 Å². The zero-order chi connectivity index (χ0) is 16.2. The highest BCUT2D eigenvalue weighted by molar-refractivity contribution is 7.10. The van der Waals surface area contributed by atoms with Crippen LogP contribution in [0.15, 0.2) is 35.7 Å². The van der Waals surface area contributed by atoms with E-state index in [0.717, 1.165) is 34.5 Å². The molecule has 0 fully saturated rings. The predicted octanol–water partition coefficient (Wildman–Crippen LogP) is 3.56. The van der Waals surface area contributed by atoms with Crippen molar-refractivity contribution in [2.75, 3.05) is 11.9 Å². The lowest BCUT2D eigenvalue weighted by Gasteiger charge is -2.17. The molecule has 1 heterocycles. The second-order valence-corrected chi connectivity index (χ2v) is 6.79. The summed E-state index contributed by atoms with van der Waals surface area (Å²) in [4.78, 5) is 25.1. The Morgan fingerprint density at radius 1 is 1.30 bits per heavy atom. The molecular formula is C18H20N2O2S. The molecule has 0 saturated carbocycles. The highest BCUT2D eigenvalue weighted by Gasteiger charge is 2.17. The molecule has 0 unspecified atom stereocenters. The van der Waals surface area contributed by atoms with Crippen LogP contribution in [0.1, 0.15) is 46.6 Å². The Hall–Kier alpha value is -2.14. The van der Waals surface area contributed by atoms with Crippen molar-refractivity contribution >= 4 is 28.7 Å². The number of hydrogen-bond acceptors (Lipinski definition) is 4. The molecule has 1 aliphatic carbocycles. The normalized spacial score (nSPS) is 14.9. The van der Waals surface area contributed by atoms with Crippen LogP contribution >= 0.6 is 11.3 Å². The fourth-order valence-electron chi connectivity index (χ4n) is 2.82. The molecule has 0 aliphatic heterocycles. The number of Topliss-reactive ketones (excluding diaryl/α,β-unsaturated/α-hetero) is 1. The quantitative estimate of drug-likeness (QED) is 0.882. The summed E-state index contributed by atoms with van der Waals surface area (Å²) in [5.41, 5.74) is 2.73. The minimum atomic E-state index is -0.0602. The average molecular weight is 328 g/mol. The predicted molar refractivity (Wildman–Crippen MR) is 93.1 cm³/mol. The van der Waals surface area contributed by atoms with Crippen LogP contribution in [0, 0.1) is 0 Å². The number of thiophene rings is 1. The summed E-state index contributed by atoms with van der Waals surface area (Å²) in [6, 6.07) is 9.79. The standard InChI is InChI=1S/C18H20N2O2S/c1-12(17-6-3-9-23-17)20-18(22)11-19-14-8-7-13-4-2-5-16(21)15(13)10-14/h3,6-10,12,19H,2,4-5,11H2,1H3,(H,20,22)/t12-/m1/s1. The van der Waals surface area contributed by atoms with Gasteiger partial charge in [-0.25, -0.2) is 0 Å². The van der Waals surface area contributed by atoms with E-state index in [1.54, 1.807) is 11.3 Å².